The molecule has 2 heterocycles. The van der Waals surface area contributed by atoms with Crippen LogP contribution in [0, 0.1) is 0 Å². The highest BCUT2D eigenvalue weighted by Crippen LogP contribution is 2.32. The Morgan fingerprint density at radius 1 is 1.64 bits per heavy atom. The van der Waals surface area contributed by atoms with Gasteiger partial charge < -0.3 is 5.73 Å². The van der Waals surface area contributed by atoms with Crippen molar-refractivity contribution in [2.45, 2.75) is 30.6 Å². The maximum Gasteiger partial charge on any atom is 0.100 e. The molecule has 2 rings (SSSR count). The molecule has 2 atom stereocenters. The van der Waals surface area contributed by atoms with E-state index in [-0.39, 0.29) is 6.04 Å². The molecule has 2 unspecified atom stereocenters. The van der Waals surface area contributed by atoms with Crippen LogP contribution < -0.4 is 5.73 Å². The number of nitrogens with zero attached hydrogens (tertiary/aromatic N) is 3. The van der Waals surface area contributed by atoms with E-state index in [1.807, 2.05) is 18.8 Å². The zero-order chi connectivity index (χ0) is 9.97. The number of nitrogens with two attached hydrogens (primary N) is 1. The average molecular weight is 212 g/mol. The van der Waals surface area contributed by atoms with Crippen LogP contribution in [-0.4, -0.2) is 26.0 Å². The molecule has 2 N–H and O–H groups in total. The van der Waals surface area contributed by atoms with E-state index in [1.54, 1.807) is 11.0 Å². The van der Waals surface area contributed by atoms with Crippen LogP contribution in [0.25, 0.3) is 0 Å². The second-order valence-corrected chi connectivity index (χ2v) is 5.04. The summed E-state index contributed by atoms with van der Waals surface area (Å²) in [6, 6.07) is 0.0500. The molecule has 0 spiro atoms. The molecule has 14 heavy (non-hydrogen) atoms. The van der Waals surface area contributed by atoms with Crippen LogP contribution in [0.2, 0.25) is 0 Å². The fourth-order valence-electron chi connectivity index (χ4n) is 1.75. The van der Waals surface area contributed by atoms with E-state index in [1.165, 1.54) is 25.0 Å². The second kappa shape index (κ2) is 4.31. The largest absolute Gasteiger partial charge is 0.322 e. The van der Waals surface area contributed by atoms with Crippen molar-refractivity contribution in [2.75, 3.05) is 5.75 Å². The number of rotatable bonds is 2. The van der Waals surface area contributed by atoms with Gasteiger partial charge >= 0.3 is 0 Å². The molecule has 1 aliphatic rings. The van der Waals surface area contributed by atoms with Gasteiger partial charge in [0.25, 0.3) is 0 Å². The number of aryl methyl sites for hydroxylation is 1. The van der Waals surface area contributed by atoms with Gasteiger partial charge in [-0.15, -0.1) is 0 Å². The lowest BCUT2D eigenvalue weighted by molar-refractivity contribution is 0.559. The molecule has 1 fully saturated rings. The molecule has 1 aromatic heterocycles. The average Bonchev–Trinajstić information content (AvgIpc) is 2.65. The Hall–Kier alpha value is -0.550. The third-order valence-corrected chi connectivity index (χ3v) is 4.06. The maximum absolute atomic E-state index is 6.15. The predicted molar refractivity (Wildman–Crippen MR) is 58.0 cm³/mol. The Labute approximate surface area is 88.2 Å². The third kappa shape index (κ3) is 2.09. The van der Waals surface area contributed by atoms with Gasteiger partial charge in [0.2, 0.25) is 0 Å². The van der Waals surface area contributed by atoms with Crippen LogP contribution in [0.15, 0.2) is 6.20 Å². The Balaban J connectivity index is 2.03. The molecule has 1 aromatic rings. The van der Waals surface area contributed by atoms with Gasteiger partial charge in [0.1, 0.15) is 5.69 Å². The number of hydrogen-bond donors (Lipinski definition) is 1. The van der Waals surface area contributed by atoms with E-state index < -0.39 is 0 Å². The molecule has 0 aliphatic carbocycles. The minimum absolute atomic E-state index is 0.0500. The highest BCUT2D eigenvalue weighted by molar-refractivity contribution is 8.00. The summed E-state index contributed by atoms with van der Waals surface area (Å²) in [5, 5.41) is 8.83. The van der Waals surface area contributed by atoms with Crippen LogP contribution in [0.1, 0.15) is 31.0 Å². The number of aromatic nitrogens is 3. The Kier molecular flexibility index (Phi) is 3.08. The summed E-state index contributed by atoms with van der Waals surface area (Å²) in [6.07, 6.45) is 5.61. The van der Waals surface area contributed by atoms with Gasteiger partial charge in [-0.05, 0) is 18.6 Å². The van der Waals surface area contributed by atoms with Gasteiger partial charge in [-0.2, -0.15) is 26.8 Å². The van der Waals surface area contributed by atoms with Gasteiger partial charge in [0.05, 0.1) is 12.2 Å². The molecule has 1 saturated heterocycles. The summed E-state index contributed by atoms with van der Waals surface area (Å²) in [4.78, 5) is 1.57. The fraction of sp³-hybridized carbons (Fsp3) is 0.778. The topological polar surface area (TPSA) is 56.7 Å². The van der Waals surface area contributed by atoms with Gasteiger partial charge in [-0.1, -0.05) is 6.42 Å². The molecule has 0 saturated carbocycles. The molecule has 0 aromatic carbocycles. The zero-order valence-electron chi connectivity index (χ0n) is 8.39. The lowest BCUT2D eigenvalue weighted by atomic mass is 10.1. The van der Waals surface area contributed by atoms with Crippen molar-refractivity contribution in [3.8, 4) is 0 Å². The lowest BCUT2D eigenvalue weighted by Gasteiger charge is -2.25. The van der Waals surface area contributed by atoms with Crippen molar-refractivity contribution in [1.82, 2.24) is 15.0 Å². The molecular formula is C9H16N4S. The van der Waals surface area contributed by atoms with Crippen molar-refractivity contribution in [3.63, 3.8) is 0 Å². The minimum atomic E-state index is 0.0500. The normalized spacial score (nSPS) is 24.9. The van der Waals surface area contributed by atoms with E-state index >= 15 is 0 Å². The second-order valence-electron chi connectivity index (χ2n) is 3.69. The molecule has 0 bridgehead atoms. The first kappa shape index (κ1) is 9.98. The van der Waals surface area contributed by atoms with Crippen LogP contribution in [0.3, 0.4) is 0 Å². The first-order chi connectivity index (χ1) is 6.77. The molecule has 5 heteroatoms. The summed E-state index contributed by atoms with van der Waals surface area (Å²) >= 11 is 1.97. The summed E-state index contributed by atoms with van der Waals surface area (Å²) in [6.45, 7) is 0. The monoisotopic (exact) mass is 212 g/mol. The fourth-order valence-corrected chi connectivity index (χ4v) is 3.11. The number of hydrogen-bond acceptors (Lipinski definition) is 4. The molecular weight excluding hydrogens is 196 g/mol. The summed E-state index contributed by atoms with van der Waals surface area (Å²) < 4.78 is 0. The van der Waals surface area contributed by atoms with Crippen LogP contribution in [0.4, 0.5) is 0 Å². The van der Waals surface area contributed by atoms with Gasteiger partial charge in [-0.3, -0.25) is 0 Å². The van der Waals surface area contributed by atoms with Gasteiger partial charge in [0.15, 0.2) is 0 Å². The Bertz CT molecular complexity index is 293. The van der Waals surface area contributed by atoms with E-state index in [9.17, 15) is 0 Å². The minimum Gasteiger partial charge on any atom is -0.322 e. The highest BCUT2D eigenvalue weighted by atomic mass is 32.2. The number of thioether (sulfide) groups is 1. The van der Waals surface area contributed by atoms with Crippen molar-refractivity contribution >= 4 is 11.8 Å². The Morgan fingerprint density at radius 2 is 2.50 bits per heavy atom. The van der Waals surface area contributed by atoms with Crippen molar-refractivity contribution < 1.29 is 0 Å². The summed E-state index contributed by atoms with van der Waals surface area (Å²) in [5.74, 6) is 1.23. The molecule has 4 nitrogen and oxygen atoms in total. The molecule has 0 amide bonds. The van der Waals surface area contributed by atoms with E-state index in [0.717, 1.165) is 5.69 Å². The quantitative estimate of drug-likeness (QED) is 0.797. The molecule has 1 aliphatic heterocycles. The maximum atomic E-state index is 6.15. The lowest BCUT2D eigenvalue weighted by Crippen LogP contribution is -2.26. The Morgan fingerprint density at radius 3 is 3.07 bits per heavy atom. The van der Waals surface area contributed by atoms with E-state index in [0.29, 0.717) is 5.25 Å². The van der Waals surface area contributed by atoms with E-state index in [2.05, 4.69) is 10.2 Å². The molecule has 0 radical (unpaired) electrons. The third-order valence-electron chi connectivity index (χ3n) is 2.57. The van der Waals surface area contributed by atoms with Crippen LogP contribution >= 0.6 is 11.8 Å². The zero-order valence-corrected chi connectivity index (χ0v) is 9.20. The smallest absolute Gasteiger partial charge is 0.100 e. The van der Waals surface area contributed by atoms with Crippen molar-refractivity contribution in [2.24, 2.45) is 12.8 Å². The standard InChI is InChI=1S/C9H16N4S/c1-13-11-6-7(12-13)9(10)8-4-2-3-5-14-8/h6,8-9H,2-5,10H2,1H3. The van der Waals surface area contributed by atoms with Gasteiger partial charge in [0, 0.05) is 12.3 Å². The van der Waals surface area contributed by atoms with E-state index in [4.69, 9.17) is 5.73 Å². The summed E-state index contributed by atoms with van der Waals surface area (Å²) in [5.41, 5.74) is 7.07. The first-order valence-electron chi connectivity index (χ1n) is 5.01. The van der Waals surface area contributed by atoms with Gasteiger partial charge in [-0.25, -0.2) is 0 Å². The predicted octanol–water partition coefficient (Wildman–Crippen LogP) is 1.10. The molecule has 78 valence electrons. The SMILES string of the molecule is Cn1ncc(C(N)C2CCCCS2)n1. The van der Waals surface area contributed by atoms with Crippen LogP contribution in [0.5, 0.6) is 0 Å². The summed E-state index contributed by atoms with van der Waals surface area (Å²) in [7, 11) is 1.82. The van der Waals surface area contributed by atoms with Crippen molar-refractivity contribution in [1.29, 1.82) is 0 Å². The van der Waals surface area contributed by atoms with Crippen molar-refractivity contribution in [3.05, 3.63) is 11.9 Å². The first-order valence-corrected chi connectivity index (χ1v) is 6.05. The van der Waals surface area contributed by atoms with Crippen LogP contribution in [-0.2, 0) is 7.05 Å². The highest BCUT2D eigenvalue weighted by Gasteiger charge is 2.24.